The normalized spacial score (nSPS) is 18.9. The van der Waals surface area contributed by atoms with Crippen molar-refractivity contribution < 1.29 is 4.63 Å². The Kier molecular flexibility index (Phi) is 4.76. The third kappa shape index (κ3) is 3.89. The number of piperidine rings is 1. The van der Waals surface area contributed by atoms with Gasteiger partial charge in [-0.05, 0) is 60.0 Å². The molecule has 1 fully saturated rings. The molecule has 2 aromatic carbocycles. The Balaban J connectivity index is 1.38. The largest absolute Gasteiger partial charge is 0.298 e. The van der Waals surface area contributed by atoms with E-state index in [9.17, 15) is 0 Å². The number of fused-ring (bicyclic) bond motifs is 1. The fourth-order valence-electron chi connectivity index (χ4n) is 3.72. The van der Waals surface area contributed by atoms with Crippen LogP contribution in [0.2, 0.25) is 0 Å². The molecular weight excluding hydrogens is 312 g/mol. The predicted molar refractivity (Wildman–Crippen MR) is 98.0 cm³/mol. The second kappa shape index (κ2) is 7.33. The number of aromatic nitrogens is 2. The first-order valence-electron chi connectivity index (χ1n) is 8.96. The molecule has 1 aromatic heterocycles. The van der Waals surface area contributed by atoms with E-state index in [1.807, 2.05) is 6.07 Å². The first-order valence-corrected chi connectivity index (χ1v) is 8.96. The summed E-state index contributed by atoms with van der Waals surface area (Å²) >= 11 is 0. The molecule has 0 unspecified atom stereocenters. The Hall–Kier alpha value is -2.24. The van der Waals surface area contributed by atoms with Crippen LogP contribution in [0.15, 0.2) is 53.2 Å². The Bertz CT molecular complexity index is 817. The quantitative estimate of drug-likeness (QED) is 0.715. The summed E-state index contributed by atoms with van der Waals surface area (Å²) in [5.74, 6) is 0. The highest BCUT2D eigenvalue weighted by atomic mass is 16.6. The lowest BCUT2D eigenvalue weighted by atomic mass is 10.0. The molecule has 0 bridgehead atoms. The summed E-state index contributed by atoms with van der Waals surface area (Å²) < 4.78 is 4.79. The number of nitrogens with zero attached hydrogens (tertiary/aromatic N) is 4. The van der Waals surface area contributed by atoms with Crippen molar-refractivity contribution >= 4 is 11.0 Å². The molecule has 0 aliphatic carbocycles. The Labute approximate surface area is 148 Å². The summed E-state index contributed by atoms with van der Waals surface area (Å²) in [4.78, 5) is 5.04. The van der Waals surface area contributed by atoms with Crippen LogP contribution < -0.4 is 0 Å². The number of benzene rings is 2. The van der Waals surface area contributed by atoms with Crippen LogP contribution in [0.1, 0.15) is 24.0 Å². The average molecular weight is 336 g/mol. The van der Waals surface area contributed by atoms with Crippen molar-refractivity contribution in [3.63, 3.8) is 0 Å². The monoisotopic (exact) mass is 336 g/mol. The van der Waals surface area contributed by atoms with E-state index in [2.05, 4.69) is 69.6 Å². The molecule has 1 saturated heterocycles. The minimum absolute atomic E-state index is 0.603. The topological polar surface area (TPSA) is 45.4 Å². The molecule has 1 atom stereocenters. The first kappa shape index (κ1) is 16.2. The van der Waals surface area contributed by atoms with Gasteiger partial charge in [0.05, 0.1) is 0 Å². The highest BCUT2D eigenvalue weighted by Crippen LogP contribution is 2.20. The van der Waals surface area contributed by atoms with E-state index < -0.39 is 0 Å². The summed E-state index contributed by atoms with van der Waals surface area (Å²) in [6.45, 7) is 4.23. The molecule has 0 spiro atoms. The Morgan fingerprint density at radius 2 is 1.92 bits per heavy atom. The van der Waals surface area contributed by atoms with E-state index in [4.69, 9.17) is 4.63 Å². The maximum Gasteiger partial charge on any atom is 0.135 e. The van der Waals surface area contributed by atoms with Gasteiger partial charge in [0.15, 0.2) is 0 Å². The van der Waals surface area contributed by atoms with Crippen molar-refractivity contribution in [2.75, 3.05) is 20.1 Å². The maximum atomic E-state index is 4.79. The zero-order chi connectivity index (χ0) is 17.1. The van der Waals surface area contributed by atoms with Crippen LogP contribution in [-0.2, 0) is 13.1 Å². The molecule has 0 N–H and O–H groups in total. The molecule has 2 heterocycles. The van der Waals surface area contributed by atoms with Crippen molar-refractivity contribution in [2.45, 2.75) is 32.0 Å². The van der Waals surface area contributed by atoms with Gasteiger partial charge in [-0.25, -0.2) is 4.63 Å². The minimum Gasteiger partial charge on any atom is -0.298 e. The molecule has 5 nitrogen and oxygen atoms in total. The van der Waals surface area contributed by atoms with Gasteiger partial charge in [0.1, 0.15) is 11.0 Å². The van der Waals surface area contributed by atoms with Crippen LogP contribution >= 0.6 is 0 Å². The SMILES string of the molecule is CN(Cc1ccccc1)[C@@H]1CCCN(Cc2ccc3nonc3c2)C1. The first-order chi connectivity index (χ1) is 12.3. The standard InChI is InChI=1S/C20H24N4O/c1-23(13-16-6-3-2-4-7-16)18-8-5-11-24(15-18)14-17-9-10-19-20(12-17)22-25-21-19/h2-4,6-7,9-10,12,18H,5,8,11,13-15H2,1H3/t18-/m1/s1. The molecule has 25 heavy (non-hydrogen) atoms. The minimum atomic E-state index is 0.603. The van der Waals surface area contributed by atoms with E-state index >= 15 is 0 Å². The number of rotatable bonds is 5. The lowest BCUT2D eigenvalue weighted by Gasteiger charge is -2.37. The van der Waals surface area contributed by atoms with Crippen molar-refractivity contribution in [1.82, 2.24) is 20.1 Å². The number of hydrogen-bond donors (Lipinski definition) is 0. The third-order valence-corrected chi connectivity index (χ3v) is 5.10. The molecule has 4 rings (SSSR count). The van der Waals surface area contributed by atoms with Gasteiger partial charge in [0.25, 0.3) is 0 Å². The molecule has 0 saturated carbocycles. The van der Waals surface area contributed by atoms with Crippen LogP contribution in [0.4, 0.5) is 0 Å². The van der Waals surface area contributed by atoms with Crippen LogP contribution in [-0.4, -0.2) is 46.3 Å². The van der Waals surface area contributed by atoms with Gasteiger partial charge in [-0.2, -0.15) is 0 Å². The van der Waals surface area contributed by atoms with Gasteiger partial charge in [0, 0.05) is 25.7 Å². The number of likely N-dealkylation sites (N-methyl/N-ethyl adjacent to an activating group) is 1. The molecular formula is C20H24N4O. The van der Waals surface area contributed by atoms with Crippen molar-refractivity contribution in [1.29, 1.82) is 0 Å². The molecule has 130 valence electrons. The fraction of sp³-hybridized carbons (Fsp3) is 0.400. The van der Waals surface area contributed by atoms with Crippen molar-refractivity contribution in [3.8, 4) is 0 Å². The van der Waals surface area contributed by atoms with E-state index in [1.54, 1.807) is 0 Å². The van der Waals surface area contributed by atoms with E-state index in [-0.39, 0.29) is 0 Å². The molecule has 5 heteroatoms. The van der Waals surface area contributed by atoms with E-state index in [0.29, 0.717) is 6.04 Å². The average Bonchev–Trinajstić information content (AvgIpc) is 3.10. The Morgan fingerprint density at radius 1 is 1.08 bits per heavy atom. The van der Waals surface area contributed by atoms with Crippen LogP contribution in [0.25, 0.3) is 11.0 Å². The lowest BCUT2D eigenvalue weighted by molar-refractivity contribution is 0.107. The summed E-state index contributed by atoms with van der Waals surface area (Å²) in [7, 11) is 2.24. The second-order valence-corrected chi connectivity index (χ2v) is 7.02. The number of likely N-dealkylation sites (tertiary alicyclic amines) is 1. The smallest absolute Gasteiger partial charge is 0.135 e. The zero-order valence-electron chi connectivity index (χ0n) is 14.6. The van der Waals surface area contributed by atoms with E-state index in [1.165, 1.54) is 24.0 Å². The van der Waals surface area contributed by atoms with Crippen molar-refractivity contribution in [2.24, 2.45) is 0 Å². The lowest BCUT2D eigenvalue weighted by Crippen LogP contribution is -2.45. The van der Waals surface area contributed by atoms with Crippen molar-refractivity contribution in [3.05, 3.63) is 59.7 Å². The van der Waals surface area contributed by atoms with Gasteiger partial charge in [-0.15, -0.1) is 0 Å². The van der Waals surface area contributed by atoms with Crippen LogP contribution in [0.3, 0.4) is 0 Å². The van der Waals surface area contributed by atoms with Gasteiger partial charge >= 0.3 is 0 Å². The molecule has 0 radical (unpaired) electrons. The van der Waals surface area contributed by atoms with Gasteiger partial charge in [0.2, 0.25) is 0 Å². The third-order valence-electron chi connectivity index (χ3n) is 5.10. The number of hydrogen-bond acceptors (Lipinski definition) is 5. The summed E-state index contributed by atoms with van der Waals surface area (Å²) in [6.07, 6.45) is 2.52. The second-order valence-electron chi connectivity index (χ2n) is 7.02. The highest BCUT2D eigenvalue weighted by Gasteiger charge is 2.23. The molecule has 1 aliphatic rings. The van der Waals surface area contributed by atoms with E-state index in [0.717, 1.165) is 37.2 Å². The predicted octanol–water partition coefficient (Wildman–Crippen LogP) is 3.32. The molecule has 3 aromatic rings. The van der Waals surface area contributed by atoms with Gasteiger partial charge < -0.3 is 0 Å². The Morgan fingerprint density at radius 3 is 2.80 bits per heavy atom. The van der Waals surface area contributed by atoms with Crippen LogP contribution in [0.5, 0.6) is 0 Å². The maximum absolute atomic E-state index is 4.79. The molecule has 1 aliphatic heterocycles. The highest BCUT2D eigenvalue weighted by molar-refractivity contribution is 5.73. The zero-order valence-corrected chi connectivity index (χ0v) is 14.6. The summed E-state index contributed by atoms with van der Waals surface area (Å²) in [6, 6.07) is 17.5. The van der Waals surface area contributed by atoms with Gasteiger partial charge in [-0.3, -0.25) is 9.80 Å². The summed E-state index contributed by atoms with van der Waals surface area (Å²) in [5, 5.41) is 7.82. The van der Waals surface area contributed by atoms with Gasteiger partial charge in [-0.1, -0.05) is 36.4 Å². The summed E-state index contributed by atoms with van der Waals surface area (Å²) in [5.41, 5.74) is 4.32. The van der Waals surface area contributed by atoms with Crippen LogP contribution in [0, 0.1) is 0 Å². The molecule has 0 amide bonds. The fourth-order valence-corrected chi connectivity index (χ4v) is 3.72.